The van der Waals surface area contributed by atoms with Crippen LogP contribution in [-0.4, -0.2) is 35.6 Å². The molecule has 3 aromatic rings. The topological polar surface area (TPSA) is 63.9 Å². The van der Waals surface area contributed by atoms with E-state index < -0.39 is 6.04 Å². The minimum Gasteiger partial charge on any atom is -0.496 e. The largest absolute Gasteiger partial charge is 0.496 e. The van der Waals surface area contributed by atoms with Crippen LogP contribution < -0.4 is 19.6 Å². The smallest absolute Gasteiger partial charge is 0.271 e. The van der Waals surface area contributed by atoms with Gasteiger partial charge in [-0.1, -0.05) is 35.6 Å². The third-order valence-electron chi connectivity index (χ3n) is 5.55. The lowest BCUT2D eigenvalue weighted by molar-refractivity contribution is -0.127. The molecule has 0 bridgehead atoms. The lowest BCUT2D eigenvalue weighted by atomic mass is 9.94. The number of amides is 1. The van der Waals surface area contributed by atoms with E-state index in [-0.39, 0.29) is 11.5 Å². The Hall–Kier alpha value is -2.97. The van der Waals surface area contributed by atoms with Crippen LogP contribution in [0.5, 0.6) is 5.75 Å². The number of nitrogens with zero attached hydrogens (tertiary/aromatic N) is 3. The molecule has 0 aliphatic carbocycles. The molecule has 32 heavy (non-hydrogen) atoms. The molecule has 1 aliphatic heterocycles. The molecule has 6 nitrogen and oxygen atoms in total. The molecule has 0 spiro atoms. The quantitative estimate of drug-likeness (QED) is 0.559. The van der Waals surface area contributed by atoms with Gasteiger partial charge in [0.05, 0.1) is 22.9 Å². The van der Waals surface area contributed by atoms with Crippen molar-refractivity contribution in [3.63, 3.8) is 0 Å². The van der Waals surface area contributed by atoms with Crippen LogP contribution in [0.25, 0.3) is 6.08 Å². The van der Waals surface area contributed by atoms with Crippen molar-refractivity contribution in [1.29, 1.82) is 0 Å². The Balaban J connectivity index is 2.01. The lowest BCUT2D eigenvalue weighted by Crippen LogP contribution is -2.43. The van der Waals surface area contributed by atoms with Gasteiger partial charge in [-0.15, -0.1) is 11.3 Å². The Bertz CT molecular complexity index is 1350. The van der Waals surface area contributed by atoms with Crippen molar-refractivity contribution in [3.8, 4) is 5.75 Å². The predicted molar refractivity (Wildman–Crippen MR) is 129 cm³/mol. The minimum absolute atomic E-state index is 0.111. The molecule has 0 radical (unpaired) electrons. The zero-order valence-electron chi connectivity index (χ0n) is 18.5. The van der Waals surface area contributed by atoms with Crippen LogP contribution in [0, 0.1) is 0 Å². The molecule has 0 fully saturated rings. The van der Waals surface area contributed by atoms with Crippen molar-refractivity contribution < 1.29 is 9.53 Å². The summed E-state index contributed by atoms with van der Waals surface area (Å²) in [7, 11) is 1.60. The third kappa shape index (κ3) is 3.84. The first kappa shape index (κ1) is 22.2. The summed E-state index contributed by atoms with van der Waals surface area (Å²) in [6.07, 6.45) is 1.89. The predicted octanol–water partition coefficient (Wildman–Crippen LogP) is 3.17. The fourth-order valence-corrected chi connectivity index (χ4v) is 5.73. The molecule has 1 aromatic carbocycles. The average molecular weight is 468 g/mol. The molecule has 1 aliphatic rings. The number of para-hydroxylation sites is 1. The molecule has 166 valence electrons. The Morgan fingerprint density at radius 2 is 1.97 bits per heavy atom. The highest BCUT2D eigenvalue weighted by Crippen LogP contribution is 2.35. The Kier molecular flexibility index (Phi) is 6.43. The van der Waals surface area contributed by atoms with Crippen LogP contribution in [0.2, 0.25) is 0 Å². The Morgan fingerprint density at radius 3 is 2.62 bits per heavy atom. The Labute approximate surface area is 194 Å². The number of carbonyl (C=O) groups excluding carboxylic acids is 1. The molecule has 8 heteroatoms. The van der Waals surface area contributed by atoms with Gasteiger partial charge in [0, 0.05) is 23.5 Å². The van der Waals surface area contributed by atoms with E-state index >= 15 is 0 Å². The number of hydrogen-bond acceptors (Lipinski definition) is 6. The highest BCUT2D eigenvalue weighted by molar-refractivity contribution is 7.11. The number of allylic oxidation sites excluding steroid dienone is 1. The highest BCUT2D eigenvalue weighted by Gasteiger charge is 2.35. The first-order valence-corrected chi connectivity index (χ1v) is 12.2. The molecular formula is C24H25N3O3S2. The van der Waals surface area contributed by atoms with Gasteiger partial charge < -0.3 is 9.64 Å². The SMILES string of the molecule is CCN(CC)C(=O)C1=C(C)N=c2s/c(=C\c3cccs3)c(=O)n2C1c1ccccc1OC. The molecule has 3 heterocycles. The highest BCUT2D eigenvalue weighted by atomic mass is 32.1. The first-order valence-electron chi connectivity index (χ1n) is 10.5. The summed E-state index contributed by atoms with van der Waals surface area (Å²) < 4.78 is 7.86. The van der Waals surface area contributed by atoms with E-state index in [1.165, 1.54) is 11.3 Å². The number of ether oxygens (including phenoxy) is 1. The monoisotopic (exact) mass is 467 g/mol. The normalized spacial score (nSPS) is 16.0. The van der Waals surface area contributed by atoms with Crippen molar-refractivity contribution in [2.45, 2.75) is 26.8 Å². The number of rotatable bonds is 6. The zero-order valence-corrected chi connectivity index (χ0v) is 20.1. The average Bonchev–Trinajstić information content (AvgIpc) is 3.41. The summed E-state index contributed by atoms with van der Waals surface area (Å²) in [6, 6.07) is 10.9. The van der Waals surface area contributed by atoms with Gasteiger partial charge in [0.1, 0.15) is 11.8 Å². The molecule has 0 N–H and O–H groups in total. The zero-order chi connectivity index (χ0) is 22.8. The second-order valence-corrected chi connectivity index (χ2v) is 9.30. The van der Waals surface area contributed by atoms with Crippen LogP contribution >= 0.6 is 22.7 Å². The summed E-state index contributed by atoms with van der Waals surface area (Å²) in [5.74, 6) is 0.518. The van der Waals surface area contributed by atoms with Crippen LogP contribution in [-0.2, 0) is 4.79 Å². The number of thiazole rings is 1. The second kappa shape index (κ2) is 9.26. The van der Waals surface area contributed by atoms with Gasteiger partial charge in [-0.3, -0.25) is 14.2 Å². The van der Waals surface area contributed by atoms with Crippen molar-refractivity contribution in [2.75, 3.05) is 20.2 Å². The van der Waals surface area contributed by atoms with Crippen molar-refractivity contribution >= 4 is 34.7 Å². The number of carbonyl (C=O) groups is 1. The number of likely N-dealkylation sites (N-methyl/N-ethyl adjacent to an activating group) is 1. The van der Waals surface area contributed by atoms with E-state index in [4.69, 9.17) is 9.73 Å². The van der Waals surface area contributed by atoms with E-state index in [9.17, 15) is 9.59 Å². The standard InChI is InChI=1S/C24H25N3O3S2/c1-5-26(6-2)23(29)20-15(3)25-24-27(21(20)17-11-7-8-12-18(17)30-4)22(28)19(32-24)14-16-10-9-13-31-16/h7-14,21H,5-6H2,1-4H3/b19-14-. The van der Waals surface area contributed by atoms with Crippen molar-refractivity contribution in [1.82, 2.24) is 9.47 Å². The number of thiophene rings is 1. The summed E-state index contributed by atoms with van der Waals surface area (Å²) in [4.78, 5) is 35.2. The van der Waals surface area contributed by atoms with Gasteiger partial charge in [-0.05, 0) is 44.4 Å². The van der Waals surface area contributed by atoms with Crippen molar-refractivity contribution in [2.24, 2.45) is 4.99 Å². The van der Waals surface area contributed by atoms with Crippen LogP contribution in [0.3, 0.4) is 0 Å². The molecule has 1 amide bonds. The maximum atomic E-state index is 13.6. The van der Waals surface area contributed by atoms with Gasteiger partial charge in [-0.25, -0.2) is 4.99 Å². The molecule has 0 saturated carbocycles. The Morgan fingerprint density at radius 1 is 1.22 bits per heavy atom. The van der Waals surface area contributed by atoms with Crippen molar-refractivity contribution in [3.05, 3.63) is 83.2 Å². The summed E-state index contributed by atoms with van der Waals surface area (Å²) in [6.45, 7) is 6.90. The van der Waals surface area contributed by atoms with Crippen LogP contribution in [0.15, 0.2) is 62.8 Å². The van der Waals surface area contributed by atoms with E-state index in [1.807, 2.05) is 68.6 Å². The summed E-state index contributed by atoms with van der Waals surface area (Å²) >= 11 is 2.92. The molecule has 1 unspecified atom stereocenters. The van der Waals surface area contributed by atoms with Crippen LogP contribution in [0.4, 0.5) is 0 Å². The molecule has 4 rings (SSSR count). The van der Waals surface area contributed by atoms with E-state index in [2.05, 4.69) is 0 Å². The maximum absolute atomic E-state index is 13.6. The van der Waals surface area contributed by atoms with Gasteiger partial charge in [0.25, 0.3) is 11.5 Å². The van der Waals surface area contributed by atoms with E-state index in [0.717, 1.165) is 10.4 Å². The number of aromatic nitrogens is 1. The van der Waals surface area contributed by atoms with Gasteiger partial charge >= 0.3 is 0 Å². The molecular weight excluding hydrogens is 442 g/mol. The maximum Gasteiger partial charge on any atom is 0.271 e. The molecule has 2 aromatic heterocycles. The lowest BCUT2D eigenvalue weighted by Gasteiger charge is -2.29. The van der Waals surface area contributed by atoms with Gasteiger partial charge in [0.2, 0.25) is 0 Å². The number of hydrogen-bond donors (Lipinski definition) is 0. The number of methoxy groups -OCH3 is 1. The minimum atomic E-state index is -0.610. The molecule has 1 atom stereocenters. The van der Waals surface area contributed by atoms with E-state index in [1.54, 1.807) is 27.9 Å². The van der Waals surface area contributed by atoms with Gasteiger partial charge in [0.15, 0.2) is 4.80 Å². The third-order valence-corrected chi connectivity index (χ3v) is 7.36. The first-order chi connectivity index (χ1) is 15.5. The summed E-state index contributed by atoms with van der Waals surface area (Å²) in [5, 5.41) is 1.98. The fraction of sp³-hybridized carbons (Fsp3) is 0.292. The molecule has 0 saturated heterocycles. The summed E-state index contributed by atoms with van der Waals surface area (Å²) in [5.41, 5.74) is 1.74. The number of benzene rings is 1. The fourth-order valence-electron chi connectivity index (χ4n) is 3.97. The second-order valence-electron chi connectivity index (χ2n) is 7.32. The van der Waals surface area contributed by atoms with Gasteiger partial charge in [-0.2, -0.15) is 0 Å². The van der Waals surface area contributed by atoms with Crippen LogP contribution in [0.1, 0.15) is 37.3 Å². The number of fused-ring (bicyclic) bond motifs is 1. The van der Waals surface area contributed by atoms with E-state index in [0.29, 0.717) is 39.4 Å².